The number of piperazine rings is 1. The molecule has 3 nitrogen and oxygen atoms in total. The molecule has 1 fully saturated rings. The van der Waals surface area contributed by atoms with Gasteiger partial charge < -0.3 is 4.90 Å². The molecule has 7 heteroatoms. The van der Waals surface area contributed by atoms with Crippen molar-refractivity contribution in [3.8, 4) is 0 Å². The summed E-state index contributed by atoms with van der Waals surface area (Å²) >= 11 is 24.2. The van der Waals surface area contributed by atoms with Crippen LogP contribution in [0.1, 0.15) is 15.9 Å². The van der Waals surface area contributed by atoms with Crippen LogP contribution in [0.2, 0.25) is 20.1 Å². The Kier molecular flexibility index (Phi) is 6.13. The van der Waals surface area contributed by atoms with Crippen LogP contribution in [-0.2, 0) is 6.54 Å². The molecule has 0 unspecified atom stereocenters. The molecule has 1 heterocycles. The van der Waals surface area contributed by atoms with E-state index in [1.807, 2.05) is 17.0 Å². The highest BCUT2D eigenvalue weighted by molar-refractivity contribution is 6.44. The van der Waals surface area contributed by atoms with E-state index in [1.165, 1.54) is 0 Å². The number of amides is 1. The highest BCUT2D eigenvalue weighted by atomic mass is 35.5. The van der Waals surface area contributed by atoms with Crippen molar-refractivity contribution >= 4 is 52.3 Å². The number of carbonyl (C=O) groups excluding carboxylic acids is 1. The van der Waals surface area contributed by atoms with Gasteiger partial charge in [-0.15, -0.1) is 0 Å². The topological polar surface area (TPSA) is 23.6 Å². The van der Waals surface area contributed by atoms with Gasteiger partial charge in [-0.1, -0.05) is 58.5 Å². The predicted octanol–water partition coefficient (Wildman–Crippen LogP) is 5.26. The molecule has 0 N–H and O–H groups in total. The van der Waals surface area contributed by atoms with Crippen LogP contribution in [0.15, 0.2) is 36.4 Å². The first-order valence-electron chi connectivity index (χ1n) is 7.85. The van der Waals surface area contributed by atoms with Crippen LogP contribution in [-0.4, -0.2) is 41.9 Å². The normalized spacial score (nSPS) is 15.4. The molecule has 25 heavy (non-hydrogen) atoms. The lowest BCUT2D eigenvalue weighted by Crippen LogP contribution is -2.48. The van der Waals surface area contributed by atoms with E-state index < -0.39 is 0 Å². The third kappa shape index (κ3) is 4.42. The van der Waals surface area contributed by atoms with Crippen molar-refractivity contribution in [1.82, 2.24) is 9.80 Å². The molecule has 1 aliphatic rings. The maximum absolute atomic E-state index is 12.7. The molecule has 1 aliphatic heterocycles. The summed E-state index contributed by atoms with van der Waals surface area (Å²) in [4.78, 5) is 16.7. The molecular formula is C18H16Cl4N2O. The average molecular weight is 418 g/mol. The largest absolute Gasteiger partial charge is 0.336 e. The number of nitrogens with zero attached hydrogens (tertiary/aromatic N) is 2. The third-order valence-corrected chi connectivity index (χ3v) is 5.79. The van der Waals surface area contributed by atoms with Crippen molar-refractivity contribution in [2.75, 3.05) is 26.2 Å². The fourth-order valence-corrected chi connectivity index (χ4v) is 3.55. The second-order valence-corrected chi connectivity index (χ2v) is 7.52. The first-order valence-corrected chi connectivity index (χ1v) is 9.36. The maximum Gasteiger partial charge on any atom is 0.255 e. The number of rotatable bonds is 3. The lowest BCUT2D eigenvalue weighted by atomic mass is 10.1. The number of hydrogen-bond donors (Lipinski definition) is 0. The molecule has 1 saturated heterocycles. The second kappa shape index (κ2) is 8.15. The van der Waals surface area contributed by atoms with Gasteiger partial charge in [0, 0.05) is 32.7 Å². The summed E-state index contributed by atoms with van der Waals surface area (Å²) in [5.74, 6) is -0.0818. The minimum atomic E-state index is -0.0818. The molecule has 2 aromatic rings. The zero-order chi connectivity index (χ0) is 18.0. The molecule has 3 rings (SSSR count). The van der Waals surface area contributed by atoms with Crippen molar-refractivity contribution in [3.05, 3.63) is 67.6 Å². The van der Waals surface area contributed by atoms with Crippen LogP contribution in [0.5, 0.6) is 0 Å². The fourth-order valence-electron chi connectivity index (χ4n) is 2.84. The molecule has 0 aromatic heterocycles. The SMILES string of the molecule is O=C(c1cccc(Cl)c1Cl)N1CCN(Cc2ccc(Cl)c(Cl)c2)CC1. The molecule has 0 saturated carbocycles. The lowest BCUT2D eigenvalue weighted by molar-refractivity contribution is 0.0628. The summed E-state index contributed by atoms with van der Waals surface area (Å²) in [6, 6.07) is 10.8. The smallest absolute Gasteiger partial charge is 0.255 e. The highest BCUT2D eigenvalue weighted by Crippen LogP contribution is 2.27. The van der Waals surface area contributed by atoms with Crippen molar-refractivity contribution in [2.24, 2.45) is 0 Å². The summed E-state index contributed by atoms with van der Waals surface area (Å²) in [5.41, 5.74) is 1.55. The summed E-state index contributed by atoms with van der Waals surface area (Å²) < 4.78 is 0. The lowest BCUT2D eigenvalue weighted by Gasteiger charge is -2.35. The summed E-state index contributed by atoms with van der Waals surface area (Å²) in [7, 11) is 0. The molecule has 132 valence electrons. The maximum atomic E-state index is 12.7. The Morgan fingerprint density at radius 3 is 2.28 bits per heavy atom. The van der Waals surface area contributed by atoms with E-state index >= 15 is 0 Å². The molecule has 2 aromatic carbocycles. The number of benzene rings is 2. The zero-order valence-electron chi connectivity index (χ0n) is 13.3. The Hall–Kier alpha value is -0.970. The van der Waals surface area contributed by atoms with Crippen LogP contribution in [0.4, 0.5) is 0 Å². The summed E-state index contributed by atoms with van der Waals surface area (Å²) in [6.45, 7) is 3.62. The van der Waals surface area contributed by atoms with Crippen molar-refractivity contribution < 1.29 is 4.79 Å². The van der Waals surface area contributed by atoms with E-state index in [0.29, 0.717) is 38.7 Å². The van der Waals surface area contributed by atoms with Gasteiger partial charge in [-0.05, 0) is 29.8 Å². The Bertz CT molecular complexity index is 789. The van der Waals surface area contributed by atoms with Gasteiger partial charge in [0.15, 0.2) is 0 Å². The summed E-state index contributed by atoms with van der Waals surface area (Å²) in [5, 5.41) is 1.82. The van der Waals surface area contributed by atoms with Crippen molar-refractivity contribution in [3.63, 3.8) is 0 Å². The fraction of sp³-hybridized carbons (Fsp3) is 0.278. The van der Waals surface area contributed by atoms with E-state index in [4.69, 9.17) is 46.4 Å². The monoisotopic (exact) mass is 416 g/mol. The number of hydrogen-bond acceptors (Lipinski definition) is 2. The molecule has 1 amide bonds. The third-order valence-electron chi connectivity index (χ3n) is 4.23. The van der Waals surface area contributed by atoms with E-state index in [2.05, 4.69) is 4.90 Å². The van der Waals surface area contributed by atoms with Gasteiger partial charge in [-0.3, -0.25) is 9.69 Å². The minimum Gasteiger partial charge on any atom is -0.336 e. The van der Waals surface area contributed by atoms with Crippen molar-refractivity contribution in [2.45, 2.75) is 6.54 Å². The number of carbonyl (C=O) groups is 1. The molecule has 0 atom stereocenters. The van der Waals surface area contributed by atoms with Gasteiger partial charge in [-0.2, -0.15) is 0 Å². The number of halogens is 4. The molecule has 0 aliphatic carbocycles. The Labute approximate surface area is 167 Å². The predicted molar refractivity (Wildman–Crippen MR) is 104 cm³/mol. The Balaban J connectivity index is 1.60. The first-order chi connectivity index (χ1) is 12.0. The van der Waals surface area contributed by atoms with Gasteiger partial charge in [0.25, 0.3) is 5.91 Å². The van der Waals surface area contributed by atoms with Gasteiger partial charge >= 0.3 is 0 Å². The minimum absolute atomic E-state index is 0.0818. The van der Waals surface area contributed by atoms with Crippen LogP contribution in [0, 0.1) is 0 Å². The highest BCUT2D eigenvalue weighted by Gasteiger charge is 2.24. The van der Waals surface area contributed by atoms with E-state index in [-0.39, 0.29) is 5.91 Å². The van der Waals surface area contributed by atoms with Crippen LogP contribution >= 0.6 is 46.4 Å². The second-order valence-electron chi connectivity index (χ2n) is 5.92. The molecule has 0 bridgehead atoms. The first kappa shape index (κ1) is 18.8. The van der Waals surface area contributed by atoms with E-state index in [9.17, 15) is 4.79 Å². The molecular weight excluding hydrogens is 402 g/mol. The van der Waals surface area contributed by atoms with Gasteiger partial charge in [-0.25, -0.2) is 0 Å². The van der Waals surface area contributed by atoms with Crippen LogP contribution < -0.4 is 0 Å². The molecule has 0 radical (unpaired) electrons. The molecule has 0 spiro atoms. The van der Waals surface area contributed by atoms with Crippen LogP contribution in [0.25, 0.3) is 0 Å². The van der Waals surface area contributed by atoms with E-state index in [0.717, 1.165) is 25.2 Å². The Morgan fingerprint density at radius 1 is 0.880 bits per heavy atom. The van der Waals surface area contributed by atoms with Gasteiger partial charge in [0.2, 0.25) is 0 Å². The van der Waals surface area contributed by atoms with Crippen LogP contribution in [0.3, 0.4) is 0 Å². The Morgan fingerprint density at radius 2 is 1.60 bits per heavy atom. The zero-order valence-corrected chi connectivity index (χ0v) is 16.3. The average Bonchev–Trinajstić information content (AvgIpc) is 2.61. The summed E-state index contributed by atoms with van der Waals surface area (Å²) in [6.07, 6.45) is 0. The standard InChI is InChI=1S/C18H16Cl4N2O/c19-14-5-4-12(10-16(14)21)11-23-6-8-24(9-7-23)18(25)13-2-1-3-15(20)17(13)22/h1-5,10H,6-9,11H2. The van der Waals surface area contributed by atoms with Gasteiger partial charge in [0.1, 0.15) is 0 Å². The van der Waals surface area contributed by atoms with E-state index in [1.54, 1.807) is 24.3 Å². The van der Waals surface area contributed by atoms with Gasteiger partial charge in [0.05, 0.1) is 25.7 Å². The quantitative estimate of drug-likeness (QED) is 0.679. The van der Waals surface area contributed by atoms with Crippen molar-refractivity contribution in [1.29, 1.82) is 0 Å².